The van der Waals surface area contributed by atoms with Gasteiger partial charge in [-0.2, -0.15) is 0 Å². The molecule has 10 N–H and O–H groups in total. The number of aliphatic imine (C=N–C) groups is 1. The topological polar surface area (TPSA) is 285 Å². The van der Waals surface area contributed by atoms with Crippen molar-refractivity contribution in [2.24, 2.45) is 22.4 Å². The van der Waals surface area contributed by atoms with Crippen LogP contribution in [0.4, 0.5) is 32.5 Å². The summed E-state index contributed by atoms with van der Waals surface area (Å²) in [6.45, 7) is 10.5. The summed E-state index contributed by atoms with van der Waals surface area (Å²) in [5, 5.41) is 16.8. The number of carbonyl (C=O) groups is 7. The summed E-state index contributed by atoms with van der Waals surface area (Å²) in [7, 11) is 0. The fraction of sp³-hybridized carbons (Fsp3) is 0.491. The van der Waals surface area contributed by atoms with E-state index in [1.54, 1.807) is 54.7 Å². The Morgan fingerprint density at radius 2 is 1.58 bits per heavy atom. The number of anilines is 3. The lowest BCUT2D eigenvalue weighted by atomic mass is 10.0. The van der Waals surface area contributed by atoms with Gasteiger partial charge in [-0.3, -0.25) is 24.0 Å². The molecule has 21 heteroatoms. The molecular weight excluding hydrogens is 1060 g/mol. The van der Waals surface area contributed by atoms with Crippen LogP contribution in [0.2, 0.25) is 0 Å². The minimum atomic E-state index is -0.981. The number of amidine groups is 1. The zero-order valence-electron chi connectivity index (χ0n) is 43.0. The first-order valence-electron chi connectivity index (χ1n) is 25.6. The molecule has 1 fully saturated rings. The molecule has 2 aliphatic heterocycles. The molecule has 0 spiro atoms. The Hall–Kier alpha value is -6.78. The number of urea groups is 1. The normalized spacial score (nSPS) is 14.2. The zero-order chi connectivity index (χ0) is 53.6. The number of ether oxygens (including phenoxy) is 1. The van der Waals surface area contributed by atoms with Crippen LogP contribution in [0.5, 0.6) is 0 Å². The third-order valence-corrected chi connectivity index (χ3v) is 13.2. The summed E-state index contributed by atoms with van der Waals surface area (Å²) in [6, 6.07) is 12.9. The third-order valence-electron chi connectivity index (χ3n) is 12.4. The van der Waals surface area contributed by atoms with E-state index in [1.807, 2.05) is 44.7 Å². The monoisotopic (exact) mass is 1130 g/mol. The van der Waals surface area contributed by atoms with Crippen molar-refractivity contribution in [3.63, 3.8) is 0 Å². The fourth-order valence-electron chi connectivity index (χ4n) is 8.49. The van der Waals surface area contributed by atoms with Crippen molar-refractivity contribution in [1.29, 1.82) is 0 Å². The average molecular weight is 1130 g/mol. The van der Waals surface area contributed by atoms with Gasteiger partial charge in [-0.25, -0.2) is 19.6 Å². The third kappa shape index (κ3) is 18.6. The summed E-state index contributed by atoms with van der Waals surface area (Å²) >= 11 is 2.30. The van der Waals surface area contributed by atoms with Crippen molar-refractivity contribution in [2.45, 2.75) is 123 Å². The van der Waals surface area contributed by atoms with Gasteiger partial charge in [-0.05, 0) is 110 Å². The number of unbranched alkanes of at least 4 members (excludes halogenated alkanes) is 2. The number of piperidine rings is 1. The number of aromatic nitrogens is 1. The molecule has 5 rings (SSSR count). The highest BCUT2D eigenvalue weighted by atomic mass is 127. The van der Waals surface area contributed by atoms with Gasteiger partial charge in [0.15, 0.2) is 0 Å². The molecule has 3 heterocycles. The first-order chi connectivity index (χ1) is 35.6. The number of hydrogen-bond donors (Lipinski definition) is 8. The van der Waals surface area contributed by atoms with Crippen LogP contribution in [0.1, 0.15) is 120 Å². The molecule has 2 aromatic carbocycles. The van der Waals surface area contributed by atoms with Gasteiger partial charge in [0.25, 0.3) is 5.91 Å². The fourth-order valence-corrected chi connectivity index (χ4v) is 9.03. The van der Waals surface area contributed by atoms with E-state index in [4.69, 9.17) is 16.2 Å². The van der Waals surface area contributed by atoms with E-state index in [1.165, 1.54) is 0 Å². The summed E-state index contributed by atoms with van der Waals surface area (Å²) < 4.78 is 6.54. The molecule has 74 heavy (non-hydrogen) atoms. The van der Waals surface area contributed by atoms with Gasteiger partial charge in [0.05, 0.1) is 17.6 Å². The number of hydrogen-bond acceptors (Lipinski definition) is 12. The van der Waals surface area contributed by atoms with Crippen molar-refractivity contribution in [1.82, 2.24) is 31.2 Å². The van der Waals surface area contributed by atoms with E-state index < -0.39 is 36.0 Å². The number of halogens is 1. The van der Waals surface area contributed by atoms with E-state index in [2.05, 4.69) is 69.4 Å². The summed E-state index contributed by atoms with van der Waals surface area (Å²) in [4.78, 5) is 104. The van der Waals surface area contributed by atoms with Crippen LogP contribution in [-0.4, -0.2) is 113 Å². The van der Waals surface area contributed by atoms with Gasteiger partial charge in [0, 0.05) is 74.0 Å². The summed E-state index contributed by atoms with van der Waals surface area (Å²) in [5.41, 5.74) is 15.3. The molecule has 0 radical (unpaired) electrons. The van der Waals surface area contributed by atoms with Crippen LogP contribution in [0.3, 0.4) is 0 Å². The van der Waals surface area contributed by atoms with Crippen LogP contribution >= 0.6 is 22.6 Å². The second-order valence-corrected chi connectivity index (χ2v) is 19.9. The maximum atomic E-state index is 13.5. The second-order valence-electron chi connectivity index (χ2n) is 18.8. The quantitative estimate of drug-likeness (QED) is 0.0239. The van der Waals surface area contributed by atoms with Gasteiger partial charge in [0.2, 0.25) is 23.6 Å². The second kappa shape index (κ2) is 29.8. The maximum absolute atomic E-state index is 13.5. The van der Waals surface area contributed by atoms with Crippen molar-refractivity contribution in [3.05, 3.63) is 83.1 Å². The number of carbonyl (C=O) groups excluding carboxylic acids is 7. The van der Waals surface area contributed by atoms with Gasteiger partial charge in [0.1, 0.15) is 30.3 Å². The lowest BCUT2D eigenvalue weighted by Gasteiger charge is -2.33. The number of nitrogens with two attached hydrogens (primary N) is 2. The minimum absolute atomic E-state index is 0.00935. The maximum Gasteiger partial charge on any atom is 0.407 e. The Labute approximate surface area is 447 Å². The van der Waals surface area contributed by atoms with E-state index in [9.17, 15) is 33.6 Å². The predicted octanol–water partition coefficient (Wildman–Crippen LogP) is 6.66. The highest BCUT2D eigenvalue weighted by Crippen LogP contribution is 2.29. The number of pyridine rings is 1. The van der Waals surface area contributed by atoms with Crippen LogP contribution in [-0.2, 0) is 30.5 Å². The Morgan fingerprint density at radius 1 is 0.865 bits per heavy atom. The number of nitrogens with one attached hydrogen (secondary N) is 6. The Kier molecular flexibility index (Phi) is 23.4. The van der Waals surface area contributed by atoms with Crippen LogP contribution in [0.15, 0.2) is 71.4 Å². The van der Waals surface area contributed by atoms with Crippen LogP contribution < -0.4 is 48.3 Å². The predicted molar refractivity (Wildman–Crippen MR) is 296 cm³/mol. The van der Waals surface area contributed by atoms with Crippen molar-refractivity contribution in [3.8, 4) is 0 Å². The SMILES string of the molecule is CCCN(CCC)C(=O)C1=Cc2ccc(C(=O)Nc3ccc(N4CCC(NC(=O)OCc5ccc(NC(=O)[C@H](CCCNC(N)=O)NC(=O)[C@@H](NC(=O)CCCCCI)C(C)C)cc5)CC4)nc3)cc2N=C(N)C1. The van der Waals surface area contributed by atoms with Gasteiger partial charge < -0.3 is 57.9 Å². The number of alkyl halides is 1. The Bertz CT molecular complexity index is 2450. The van der Waals surface area contributed by atoms with Gasteiger partial charge in [-0.15, -0.1) is 0 Å². The van der Waals surface area contributed by atoms with Gasteiger partial charge >= 0.3 is 12.1 Å². The molecule has 0 saturated carbocycles. The van der Waals surface area contributed by atoms with Gasteiger partial charge in [-0.1, -0.05) is 74.9 Å². The van der Waals surface area contributed by atoms with Crippen LogP contribution in [0, 0.1) is 5.92 Å². The molecule has 2 atom stereocenters. The van der Waals surface area contributed by atoms with E-state index in [0.717, 1.165) is 42.3 Å². The molecule has 0 bridgehead atoms. The molecule has 0 unspecified atom stereocenters. The number of alkyl carbamates (subject to hydrolysis) is 1. The number of benzene rings is 2. The molecule has 1 aromatic heterocycles. The first kappa shape index (κ1) is 58.1. The molecular formula is C53H73IN12O8. The molecule has 0 aliphatic carbocycles. The standard InChI is InChI=1S/C53H73IN12O8/c1-5-25-66(26-6-2)51(71)38-29-36-15-16-37(30-43(36)62-44(55)31-38)48(68)60-41-19-20-45(58-32-41)65-27-21-40(22-28-65)61-53(73)74-33-35-13-17-39(18-14-35)59-49(69)42(11-10-24-57-52(56)72)63-50(70)47(34(3)4)64-46(67)12-8-7-9-23-54/h13-20,29-30,32,34,40,42,47H,5-12,21-28,31,33H2,1-4H3,(H2,55,62)(H,59,69)(H,60,68)(H,61,73)(H,63,70)(H,64,67)(H3,56,57,72)/t42-,47-/m0/s1. The van der Waals surface area contributed by atoms with Crippen molar-refractivity contribution in [2.75, 3.05) is 52.7 Å². The first-order valence-corrected chi connectivity index (χ1v) is 27.1. The molecule has 8 amide bonds. The summed E-state index contributed by atoms with van der Waals surface area (Å²) in [6.07, 6.45) is 9.60. The lowest BCUT2D eigenvalue weighted by molar-refractivity contribution is -0.132. The Balaban J connectivity index is 1.06. The molecule has 20 nitrogen and oxygen atoms in total. The van der Waals surface area contributed by atoms with E-state index in [-0.39, 0.29) is 55.7 Å². The number of primary amides is 1. The van der Waals surface area contributed by atoms with Crippen molar-refractivity contribution < 1.29 is 38.3 Å². The molecule has 3 aromatic rings. The lowest BCUT2D eigenvalue weighted by Crippen LogP contribution is -2.54. The Morgan fingerprint density at radius 3 is 2.23 bits per heavy atom. The highest BCUT2D eigenvalue weighted by Gasteiger charge is 2.29. The number of nitrogens with zero attached hydrogens (tertiary/aromatic N) is 4. The van der Waals surface area contributed by atoms with E-state index in [0.29, 0.717) is 97.0 Å². The smallest absolute Gasteiger partial charge is 0.407 e. The van der Waals surface area contributed by atoms with Crippen LogP contribution in [0.25, 0.3) is 6.08 Å². The number of fused-ring (bicyclic) bond motifs is 1. The van der Waals surface area contributed by atoms with Crippen molar-refractivity contribution >= 4 is 99.0 Å². The minimum Gasteiger partial charge on any atom is -0.445 e. The average Bonchev–Trinajstić information content (AvgIpc) is 3.55. The highest BCUT2D eigenvalue weighted by molar-refractivity contribution is 14.1. The number of amides is 8. The zero-order valence-corrected chi connectivity index (χ0v) is 45.1. The number of rotatable bonds is 26. The molecule has 1 saturated heterocycles. The summed E-state index contributed by atoms with van der Waals surface area (Å²) in [5.74, 6) is -0.801. The molecule has 400 valence electrons. The van der Waals surface area contributed by atoms with E-state index >= 15 is 0 Å². The molecule has 2 aliphatic rings. The largest absolute Gasteiger partial charge is 0.445 e.